The number of pyridine rings is 1. The van der Waals surface area contributed by atoms with E-state index in [2.05, 4.69) is 20.9 Å². The molecule has 66 valence electrons. The number of halogens is 2. The van der Waals surface area contributed by atoms with Gasteiger partial charge < -0.3 is 0 Å². The monoisotopic (exact) mass is 239 g/mol. The smallest absolute Gasteiger partial charge is 0.124 e. The van der Waals surface area contributed by atoms with Crippen molar-refractivity contribution in [3.8, 4) is 0 Å². The average molecular weight is 240 g/mol. The lowest BCUT2D eigenvalue weighted by Gasteiger charge is -2.02. The third kappa shape index (κ3) is 1.44. The van der Waals surface area contributed by atoms with E-state index in [1.807, 2.05) is 6.92 Å². The van der Waals surface area contributed by atoms with Gasteiger partial charge in [-0.15, -0.1) is 0 Å². The van der Waals surface area contributed by atoms with E-state index >= 15 is 0 Å². The second-order valence-corrected chi connectivity index (χ2v) is 3.79. The standard InChI is InChI=1S/C10H7BrFN/c1-6-4-13-5-9-8(6)2-7(12)3-10(9)11/h2-5H,1H3. The van der Waals surface area contributed by atoms with Crippen LogP contribution in [0.25, 0.3) is 10.8 Å². The SMILES string of the molecule is Cc1cncc2c(Br)cc(F)cc12. The van der Waals surface area contributed by atoms with Crippen molar-refractivity contribution in [3.05, 3.63) is 40.4 Å². The van der Waals surface area contributed by atoms with Crippen molar-refractivity contribution in [2.24, 2.45) is 0 Å². The van der Waals surface area contributed by atoms with E-state index in [1.54, 1.807) is 12.4 Å². The number of aromatic nitrogens is 1. The van der Waals surface area contributed by atoms with E-state index in [4.69, 9.17) is 0 Å². The van der Waals surface area contributed by atoms with Gasteiger partial charge in [0.05, 0.1) is 0 Å². The van der Waals surface area contributed by atoms with Crippen LogP contribution < -0.4 is 0 Å². The first kappa shape index (κ1) is 8.63. The van der Waals surface area contributed by atoms with Crippen LogP contribution in [-0.4, -0.2) is 4.98 Å². The van der Waals surface area contributed by atoms with Crippen LogP contribution in [0.1, 0.15) is 5.56 Å². The van der Waals surface area contributed by atoms with Crippen molar-refractivity contribution >= 4 is 26.7 Å². The summed E-state index contributed by atoms with van der Waals surface area (Å²) in [5.74, 6) is -0.228. The topological polar surface area (TPSA) is 12.9 Å². The fourth-order valence-electron chi connectivity index (χ4n) is 1.34. The van der Waals surface area contributed by atoms with Crippen molar-refractivity contribution in [1.82, 2.24) is 4.98 Å². The molecular weight excluding hydrogens is 233 g/mol. The van der Waals surface area contributed by atoms with Gasteiger partial charge in [0.1, 0.15) is 5.82 Å². The quantitative estimate of drug-likeness (QED) is 0.687. The zero-order valence-electron chi connectivity index (χ0n) is 7.01. The fourth-order valence-corrected chi connectivity index (χ4v) is 1.87. The van der Waals surface area contributed by atoms with Crippen molar-refractivity contribution < 1.29 is 4.39 Å². The molecule has 0 aliphatic heterocycles. The number of nitrogens with zero attached hydrogens (tertiary/aromatic N) is 1. The summed E-state index contributed by atoms with van der Waals surface area (Å²) < 4.78 is 13.8. The Morgan fingerprint density at radius 1 is 1.23 bits per heavy atom. The minimum Gasteiger partial charge on any atom is -0.264 e. The predicted octanol–water partition coefficient (Wildman–Crippen LogP) is 3.44. The Kier molecular flexibility index (Phi) is 2.04. The summed E-state index contributed by atoms with van der Waals surface area (Å²) in [5.41, 5.74) is 0.984. The summed E-state index contributed by atoms with van der Waals surface area (Å²) in [7, 11) is 0. The van der Waals surface area contributed by atoms with Crippen LogP contribution in [0.2, 0.25) is 0 Å². The van der Waals surface area contributed by atoms with Gasteiger partial charge in [-0.1, -0.05) is 0 Å². The van der Waals surface area contributed by atoms with E-state index < -0.39 is 0 Å². The second kappa shape index (κ2) is 3.07. The van der Waals surface area contributed by atoms with E-state index in [9.17, 15) is 4.39 Å². The van der Waals surface area contributed by atoms with E-state index in [0.29, 0.717) is 0 Å². The highest BCUT2D eigenvalue weighted by molar-refractivity contribution is 9.10. The number of fused-ring (bicyclic) bond motifs is 1. The predicted molar refractivity (Wildman–Crippen MR) is 54.1 cm³/mol. The molecule has 0 spiro atoms. The maximum absolute atomic E-state index is 13.0. The minimum atomic E-state index is -0.228. The molecule has 0 amide bonds. The molecule has 2 aromatic rings. The molecule has 1 nitrogen and oxygen atoms in total. The van der Waals surface area contributed by atoms with Gasteiger partial charge in [-0.3, -0.25) is 4.98 Å². The summed E-state index contributed by atoms with van der Waals surface area (Å²) >= 11 is 3.30. The van der Waals surface area contributed by atoms with Gasteiger partial charge >= 0.3 is 0 Å². The third-order valence-corrected chi connectivity index (χ3v) is 2.65. The molecule has 1 heterocycles. The highest BCUT2D eigenvalue weighted by atomic mass is 79.9. The van der Waals surface area contributed by atoms with Crippen LogP contribution in [0, 0.1) is 12.7 Å². The first-order valence-electron chi connectivity index (χ1n) is 3.88. The Bertz CT molecular complexity index is 468. The molecule has 3 heteroatoms. The van der Waals surface area contributed by atoms with E-state index in [-0.39, 0.29) is 5.82 Å². The fraction of sp³-hybridized carbons (Fsp3) is 0.100. The van der Waals surface area contributed by atoms with Crippen LogP contribution in [0.3, 0.4) is 0 Å². The Balaban J connectivity index is 2.94. The molecule has 0 saturated carbocycles. The molecule has 1 aromatic carbocycles. The highest BCUT2D eigenvalue weighted by Gasteiger charge is 2.03. The van der Waals surface area contributed by atoms with Crippen molar-refractivity contribution in [2.45, 2.75) is 6.92 Å². The summed E-state index contributed by atoms with van der Waals surface area (Å²) in [4.78, 5) is 4.05. The first-order chi connectivity index (χ1) is 6.18. The molecule has 0 fully saturated rings. The maximum Gasteiger partial charge on any atom is 0.124 e. The molecular formula is C10H7BrFN. The summed E-state index contributed by atoms with van der Waals surface area (Å²) in [6.07, 6.45) is 3.46. The molecule has 0 aliphatic rings. The van der Waals surface area contributed by atoms with E-state index in [1.165, 1.54) is 12.1 Å². The average Bonchev–Trinajstić information content (AvgIpc) is 2.07. The molecule has 0 N–H and O–H groups in total. The number of hydrogen-bond acceptors (Lipinski definition) is 1. The van der Waals surface area contributed by atoms with Crippen LogP contribution in [0.5, 0.6) is 0 Å². The summed E-state index contributed by atoms with van der Waals surface area (Å²) in [5, 5.41) is 1.85. The van der Waals surface area contributed by atoms with Gasteiger partial charge in [0.15, 0.2) is 0 Å². The van der Waals surface area contributed by atoms with Crippen LogP contribution in [0.4, 0.5) is 4.39 Å². The van der Waals surface area contributed by atoms with Gasteiger partial charge in [-0.05, 0) is 45.9 Å². The number of aryl methyl sites for hydroxylation is 1. The molecule has 13 heavy (non-hydrogen) atoms. The molecule has 0 unspecified atom stereocenters. The molecule has 2 rings (SSSR count). The Morgan fingerprint density at radius 2 is 2.00 bits per heavy atom. The van der Waals surface area contributed by atoms with E-state index in [0.717, 1.165) is 20.8 Å². The molecule has 0 radical (unpaired) electrons. The summed E-state index contributed by atoms with van der Waals surface area (Å²) in [6.45, 7) is 1.92. The lowest BCUT2D eigenvalue weighted by atomic mass is 10.1. The van der Waals surface area contributed by atoms with Crippen LogP contribution >= 0.6 is 15.9 Å². The van der Waals surface area contributed by atoms with Crippen molar-refractivity contribution in [3.63, 3.8) is 0 Å². The summed E-state index contributed by atoms with van der Waals surface area (Å²) in [6, 6.07) is 2.97. The van der Waals surface area contributed by atoms with Crippen LogP contribution in [0.15, 0.2) is 29.0 Å². The third-order valence-electron chi connectivity index (χ3n) is 1.99. The zero-order chi connectivity index (χ0) is 9.42. The zero-order valence-corrected chi connectivity index (χ0v) is 8.60. The highest BCUT2D eigenvalue weighted by Crippen LogP contribution is 2.26. The van der Waals surface area contributed by atoms with Gasteiger partial charge in [0, 0.05) is 22.3 Å². The van der Waals surface area contributed by atoms with Gasteiger partial charge in [0.2, 0.25) is 0 Å². The maximum atomic E-state index is 13.0. The Morgan fingerprint density at radius 3 is 2.77 bits per heavy atom. The molecule has 0 saturated heterocycles. The molecule has 0 aliphatic carbocycles. The van der Waals surface area contributed by atoms with Gasteiger partial charge in [0.25, 0.3) is 0 Å². The van der Waals surface area contributed by atoms with Gasteiger partial charge in [-0.2, -0.15) is 0 Å². The Labute approximate surface area is 83.7 Å². The van der Waals surface area contributed by atoms with Crippen molar-refractivity contribution in [2.75, 3.05) is 0 Å². The Hall–Kier alpha value is -0.960. The van der Waals surface area contributed by atoms with Gasteiger partial charge in [-0.25, -0.2) is 4.39 Å². The molecule has 0 atom stereocenters. The number of hydrogen-bond donors (Lipinski definition) is 0. The molecule has 0 bridgehead atoms. The first-order valence-corrected chi connectivity index (χ1v) is 4.67. The minimum absolute atomic E-state index is 0.228. The molecule has 1 aromatic heterocycles. The second-order valence-electron chi connectivity index (χ2n) is 2.94. The number of benzene rings is 1. The van der Waals surface area contributed by atoms with Crippen molar-refractivity contribution in [1.29, 1.82) is 0 Å². The normalized spacial score (nSPS) is 10.7. The largest absolute Gasteiger partial charge is 0.264 e. The number of rotatable bonds is 0. The lowest BCUT2D eigenvalue weighted by molar-refractivity contribution is 0.629. The lowest BCUT2D eigenvalue weighted by Crippen LogP contribution is -1.84. The van der Waals surface area contributed by atoms with Crippen LogP contribution in [-0.2, 0) is 0 Å².